The minimum Gasteiger partial charge on any atom is -0.309 e. The molecule has 0 saturated carbocycles. The Hall–Kier alpha value is -5.18. The number of thiophene rings is 1. The normalized spacial score (nSPS) is 11.6. The Kier molecular flexibility index (Phi) is 7.20. The summed E-state index contributed by atoms with van der Waals surface area (Å²) >= 11 is 1.86. The third-order valence-electron chi connectivity index (χ3n) is 7.99. The van der Waals surface area contributed by atoms with Gasteiger partial charge in [-0.05, 0) is 76.7 Å². The summed E-state index contributed by atoms with van der Waals surface area (Å²) in [7, 11) is 0. The molecule has 0 fully saturated rings. The minimum absolute atomic E-state index is 1.11. The Morgan fingerprint density at radius 3 is 2.14 bits per heavy atom. The lowest BCUT2D eigenvalue weighted by Gasteiger charge is -2.27. The van der Waals surface area contributed by atoms with Crippen LogP contribution in [0.25, 0.3) is 36.9 Å². The molecule has 0 aliphatic rings. The zero-order valence-corrected chi connectivity index (χ0v) is 24.9. The molecule has 7 aromatic rings. The predicted octanol–water partition coefficient (Wildman–Crippen LogP) is 12.1. The molecule has 0 bridgehead atoms. The monoisotopic (exact) mass is 569 g/mol. The number of benzene rings is 6. The van der Waals surface area contributed by atoms with E-state index < -0.39 is 0 Å². The zero-order chi connectivity index (χ0) is 29.2. The highest BCUT2D eigenvalue weighted by molar-refractivity contribution is 7.26. The number of aryl methyl sites for hydroxylation is 1. The van der Waals surface area contributed by atoms with Gasteiger partial charge < -0.3 is 4.90 Å². The van der Waals surface area contributed by atoms with E-state index in [1.807, 2.05) is 17.4 Å². The molecule has 6 aromatic carbocycles. The van der Waals surface area contributed by atoms with Gasteiger partial charge in [0.05, 0.1) is 10.4 Å². The van der Waals surface area contributed by atoms with Crippen LogP contribution in [0, 0.1) is 6.92 Å². The molecule has 206 valence electrons. The molecule has 0 spiro atoms. The quantitative estimate of drug-likeness (QED) is 0.173. The molecule has 0 atom stereocenters. The van der Waals surface area contributed by atoms with Crippen LogP contribution in [0.1, 0.15) is 16.7 Å². The van der Waals surface area contributed by atoms with Crippen LogP contribution in [0.5, 0.6) is 0 Å². The fourth-order valence-electron chi connectivity index (χ4n) is 5.92. The fraction of sp³-hybridized carbons (Fsp3) is 0.0244. The van der Waals surface area contributed by atoms with Gasteiger partial charge in [-0.1, -0.05) is 128 Å². The molecule has 0 aliphatic carbocycles. The van der Waals surface area contributed by atoms with Crippen LogP contribution in [0.4, 0.5) is 17.1 Å². The molecule has 2 heteroatoms. The van der Waals surface area contributed by atoms with Crippen molar-refractivity contribution in [1.29, 1.82) is 0 Å². The maximum Gasteiger partial charge on any atom is 0.0640 e. The van der Waals surface area contributed by atoms with E-state index >= 15 is 0 Å². The average Bonchev–Trinajstić information content (AvgIpc) is 3.45. The minimum atomic E-state index is 1.11. The maximum atomic E-state index is 4.04. The molecular formula is C41H31NS. The zero-order valence-electron chi connectivity index (χ0n) is 24.1. The number of nitrogens with zero attached hydrogens (tertiary/aromatic N) is 1. The van der Waals surface area contributed by atoms with Crippen molar-refractivity contribution < 1.29 is 0 Å². The average molecular weight is 570 g/mol. The first-order valence-corrected chi connectivity index (χ1v) is 15.4. The van der Waals surface area contributed by atoms with Crippen LogP contribution in [0.2, 0.25) is 0 Å². The number of allylic oxidation sites excluding steroid dienone is 2. The molecule has 1 nitrogen and oxygen atoms in total. The summed E-state index contributed by atoms with van der Waals surface area (Å²) in [5.74, 6) is 0. The van der Waals surface area contributed by atoms with Crippen molar-refractivity contribution in [2.24, 2.45) is 0 Å². The lowest BCUT2D eigenvalue weighted by atomic mass is 9.93. The highest BCUT2D eigenvalue weighted by atomic mass is 32.1. The van der Waals surface area contributed by atoms with E-state index in [1.54, 1.807) is 0 Å². The molecule has 1 aromatic heterocycles. The summed E-state index contributed by atoms with van der Waals surface area (Å²) < 4.78 is 2.58. The summed E-state index contributed by atoms with van der Waals surface area (Å²) in [6, 6.07) is 52.3. The van der Waals surface area contributed by atoms with E-state index in [1.165, 1.54) is 48.1 Å². The van der Waals surface area contributed by atoms with Crippen LogP contribution in [-0.2, 0) is 0 Å². The first-order valence-electron chi connectivity index (χ1n) is 14.6. The summed E-state index contributed by atoms with van der Waals surface area (Å²) in [5.41, 5.74) is 10.6. The second kappa shape index (κ2) is 11.6. The van der Waals surface area contributed by atoms with Gasteiger partial charge in [-0.3, -0.25) is 0 Å². The Bertz CT molecular complexity index is 2100. The molecule has 0 saturated heterocycles. The standard InChI is InChI=1S/C41H31NS/c1-3-13-36(35-19-8-7-14-29(35)2)32-17-11-18-34(28-32)42(33-26-24-31(25-27-33)30-15-5-4-6-16-30)39-22-12-21-38-37-20-9-10-23-40(37)43-41(38)39/h3-28H,1H2,2H3/b36-13-. The molecule has 0 aliphatic heterocycles. The molecular weight excluding hydrogens is 539 g/mol. The van der Waals surface area contributed by atoms with Crippen molar-refractivity contribution in [3.63, 3.8) is 0 Å². The maximum absolute atomic E-state index is 4.04. The second-order valence-corrected chi connectivity index (χ2v) is 11.7. The van der Waals surface area contributed by atoms with Gasteiger partial charge >= 0.3 is 0 Å². The van der Waals surface area contributed by atoms with Crippen LogP contribution < -0.4 is 4.90 Å². The molecule has 0 radical (unpaired) electrons. The third kappa shape index (κ3) is 5.07. The van der Waals surface area contributed by atoms with Crippen molar-refractivity contribution in [3.05, 3.63) is 181 Å². The van der Waals surface area contributed by atoms with Gasteiger partial charge in [0, 0.05) is 26.8 Å². The second-order valence-electron chi connectivity index (χ2n) is 10.7. The van der Waals surface area contributed by atoms with Gasteiger partial charge in [0.25, 0.3) is 0 Å². The van der Waals surface area contributed by atoms with Crippen molar-refractivity contribution in [3.8, 4) is 11.1 Å². The van der Waals surface area contributed by atoms with E-state index in [2.05, 4.69) is 170 Å². The Morgan fingerprint density at radius 2 is 1.33 bits per heavy atom. The van der Waals surface area contributed by atoms with Crippen molar-refractivity contribution in [2.75, 3.05) is 4.90 Å². The van der Waals surface area contributed by atoms with Crippen LogP contribution >= 0.6 is 11.3 Å². The molecule has 1 heterocycles. The first-order chi connectivity index (χ1) is 21.2. The Labute approximate surface area is 257 Å². The van der Waals surface area contributed by atoms with Crippen LogP contribution in [0.15, 0.2) is 164 Å². The third-order valence-corrected chi connectivity index (χ3v) is 9.20. The van der Waals surface area contributed by atoms with Crippen LogP contribution in [0.3, 0.4) is 0 Å². The number of hydrogen-bond acceptors (Lipinski definition) is 2. The topological polar surface area (TPSA) is 3.24 Å². The SMILES string of the molecule is C=C/C=C(/c1cccc(N(c2ccc(-c3ccccc3)cc2)c2cccc3c2sc2ccccc23)c1)c1ccccc1C. The summed E-state index contributed by atoms with van der Waals surface area (Å²) in [4.78, 5) is 2.40. The predicted molar refractivity (Wildman–Crippen MR) is 188 cm³/mol. The van der Waals surface area contributed by atoms with Gasteiger partial charge in [0.1, 0.15) is 0 Å². The van der Waals surface area contributed by atoms with E-state index in [-0.39, 0.29) is 0 Å². The molecule has 43 heavy (non-hydrogen) atoms. The Balaban J connectivity index is 1.43. The lowest BCUT2D eigenvalue weighted by Crippen LogP contribution is -2.10. The van der Waals surface area contributed by atoms with Gasteiger partial charge in [0.15, 0.2) is 0 Å². The molecule has 0 unspecified atom stereocenters. The highest BCUT2D eigenvalue weighted by Gasteiger charge is 2.19. The van der Waals surface area contributed by atoms with Gasteiger partial charge in [-0.25, -0.2) is 0 Å². The number of rotatable bonds is 7. The first kappa shape index (κ1) is 26.7. The van der Waals surface area contributed by atoms with Gasteiger partial charge in [0.2, 0.25) is 0 Å². The number of hydrogen-bond donors (Lipinski definition) is 0. The van der Waals surface area contributed by atoms with Crippen molar-refractivity contribution >= 4 is 54.1 Å². The smallest absolute Gasteiger partial charge is 0.0640 e. The molecule has 7 rings (SSSR count). The van der Waals surface area contributed by atoms with Crippen molar-refractivity contribution in [1.82, 2.24) is 0 Å². The van der Waals surface area contributed by atoms with Gasteiger partial charge in [-0.15, -0.1) is 11.3 Å². The fourth-order valence-corrected chi connectivity index (χ4v) is 7.12. The van der Waals surface area contributed by atoms with Crippen LogP contribution in [-0.4, -0.2) is 0 Å². The molecule has 0 amide bonds. The van der Waals surface area contributed by atoms with E-state index in [9.17, 15) is 0 Å². The van der Waals surface area contributed by atoms with Crippen molar-refractivity contribution in [2.45, 2.75) is 6.92 Å². The summed E-state index contributed by atoms with van der Waals surface area (Å²) in [6.45, 7) is 6.20. The van der Waals surface area contributed by atoms with Gasteiger partial charge in [-0.2, -0.15) is 0 Å². The van der Waals surface area contributed by atoms with E-state index in [0.29, 0.717) is 0 Å². The number of anilines is 3. The summed E-state index contributed by atoms with van der Waals surface area (Å²) in [6.07, 6.45) is 4.00. The summed E-state index contributed by atoms with van der Waals surface area (Å²) in [5, 5.41) is 2.58. The van der Waals surface area contributed by atoms with E-state index in [4.69, 9.17) is 0 Å². The largest absolute Gasteiger partial charge is 0.309 e. The lowest BCUT2D eigenvalue weighted by molar-refractivity contribution is 1.29. The molecule has 0 N–H and O–H groups in total. The highest BCUT2D eigenvalue weighted by Crippen LogP contribution is 2.45. The van der Waals surface area contributed by atoms with E-state index in [0.717, 1.165) is 22.5 Å². The number of fused-ring (bicyclic) bond motifs is 3. The Morgan fingerprint density at radius 1 is 0.628 bits per heavy atom.